The summed E-state index contributed by atoms with van der Waals surface area (Å²) >= 11 is 0. The zero-order chi connectivity index (χ0) is 21.3. The molecule has 3 aromatic carbocycles. The Kier molecular flexibility index (Phi) is 7.00. The highest BCUT2D eigenvalue weighted by Gasteiger charge is 2.07. The van der Waals surface area contributed by atoms with E-state index in [1.807, 2.05) is 36.4 Å². The van der Waals surface area contributed by atoms with Gasteiger partial charge in [-0.15, -0.1) is 0 Å². The molecule has 0 saturated carbocycles. The van der Waals surface area contributed by atoms with Crippen LogP contribution < -0.4 is 14.2 Å². The van der Waals surface area contributed by atoms with E-state index < -0.39 is 5.97 Å². The molecule has 0 spiro atoms. The maximum absolute atomic E-state index is 12.1. The monoisotopic (exact) mass is 402 g/mol. The molecule has 0 unspecified atom stereocenters. The number of ether oxygens (including phenoxy) is 3. The van der Waals surface area contributed by atoms with Gasteiger partial charge in [0.1, 0.15) is 12.4 Å². The smallest absolute Gasteiger partial charge is 0.336 e. The Morgan fingerprint density at radius 3 is 2.30 bits per heavy atom. The van der Waals surface area contributed by atoms with Crippen molar-refractivity contribution >= 4 is 17.8 Å². The van der Waals surface area contributed by atoms with E-state index in [1.54, 1.807) is 49.6 Å². The Hall–Kier alpha value is -3.86. The highest BCUT2D eigenvalue weighted by molar-refractivity contribution is 5.94. The summed E-state index contributed by atoms with van der Waals surface area (Å²) in [6.45, 7) is 1.91. The summed E-state index contributed by atoms with van der Waals surface area (Å²) in [4.78, 5) is 23.3. The molecule has 3 rings (SSSR count). The summed E-state index contributed by atoms with van der Waals surface area (Å²) in [6, 6.07) is 21.7. The molecule has 0 radical (unpaired) electrons. The minimum Gasteiger partial charge on any atom is -0.493 e. The van der Waals surface area contributed by atoms with Crippen molar-refractivity contribution in [3.8, 4) is 17.2 Å². The maximum Gasteiger partial charge on any atom is 0.336 e. The standard InChI is InChI=1S/C25H22O5/c1-18(26)21-10-12-22(13-11-21)30-25(27)15-9-19-8-14-23(24(16-19)28-2)29-17-20-6-4-3-5-7-20/h3-16H,17H2,1-2H3/b15-9+. The fraction of sp³-hybridized carbons (Fsp3) is 0.120. The average Bonchev–Trinajstić information content (AvgIpc) is 2.77. The first kappa shape index (κ1) is 20.9. The molecule has 0 N–H and O–H groups in total. The van der Waals surface area contributed by atoms with Gasteiger partial charge in [-0.05, 0) is 60.5 Å². The van der Waals surface area contributed by atoms with Gasteiger partial charge in [-0.3, -0.25) is 4.79 Å². The van der Waals surface area contributed by atoms with Gasteiger partial charge in [-0.1, -0.05) is 36.4 Å². The Bertz CT molecular complexity index is 1040. The molecule has 0 aliphatic rings. The fourth-order valence-electron chi connectivity index (χ4n) is 2.71. The molecule has 0 fully saturated rings. The van der Waals surface area contributed by atoms with Crippen molar-refractivity contribution in [2.24, 2.45) is 0 Å². The van der Waals surface area contributed by atoms with Crippen LogP contribution in [-0.2, 0) is 11.4 Å². The molecule has 0 heterocycles. The number of carbonyl (C=O) groups excluding carboxylic acids is 2. The molecule has 0 aliphatic heterocycles. The van der Waals surface area contributed by atoms with Crippen molar-refractivity contribution in [1.29, 1.82) is 0 Å². The van der Waals surface area contributed by atoms with Crippen LogP contribution in [0.3, 0.4) is 0 Å². The number of esters is 1. The van der Waals surface area contributed by atoms with E-state index in [-0.39, 0.29) is 5.78 Å². The lowest BCUT2D eigenvalue weighted by Gasteiger charge is -2.11. The number of benzene rings is 3. The highest BCUT2D eigenvalue weighted by Crippen LogP contribution is 2.29. The van der Waals surface area contributed by atoms with Crippen LogP contribution >= 0.6 is 0 Å². The molecular weight excluding hydrogens is 380 g/mol. The van der Waals surface area contributed by atoms with Crippen LogP contribution in [0.4, 0.5) is 0 Å². The number of carbonyl (C=O) groups is 2. The molecule has 152 valence electrons. The van der Waals surface area contributed by atoms with Crippen molar-refractivity contribution in [2.75, 3.05) is 7.11 Å². The van der Waals surface area contributed by atoms with Crippen LogP contribution in [0.5, 0.6) is 17.2 Å². The van der Waals surface area contributed by atoms with Crippen LogP contribution in [-0.4, -0.2) is 18.9 Å². The number of hydrogen-bond acceptors (Lipinski definition) is 5. The van der Waals surface area contributed by atoms with Crippen molar-refractivity contribution in [3.05, 3.63) is 95.6 Å². The van der Waals surface area contributed by atoms with Gasteiger partial charge in [-0.25, -0.2) is 4.79 Å². The van der Waals surface area contributed by atoms with Crippen LogP contribution in [0.25, 0.3) is 6.08 Å². The molecule has 0 atom stereocenters. The molecule has 5 nitrogen and oxygen atoms in total. The Morgan fingerprint density at radius 2 is 1.63 bits per heavy atom. The zero-order valence-electron chi connectivity index (χ0n) is 16.8. The number of ketones is 1. The van der Waals surface area contributed by atoms with Gasteiger partial charge in [-0.2, -0.15) is 0 Å². The average molecular weight is 402 g/mol. The van der Waals surface area contributed by atoms with Gasteiger partial charge < -0.3 is 14.2 Å². The Balaban J connectivity index is 1.61. The van der Waals surface area contributed by atoms with E-state index in [0.29, 0.717) is 29.4 Å². The lowest BCUT2D eigenvalue weighted by molar-refractivity contribution is -0.128. The van der Waals surface area contributed by atoms with E-state index in [4.69, 9.17) is 14.2 Å². The van der Waals surface area contributed by atoms with Crippen molar-refractivity contribution in [3.63, 3.8) is 0 Å². The topological polar surface area (TPSA) is 61.8 Å². The second-order valence-electron chi connectivity index (χ2n) is 6.52. The third-order valence-corrected chi connectivity index (χ3v) is 4.32. The highest BCUT2D eigenvalue weighted by atomic mass is 16.5. The first-order valence-electron chi connectivity index (χ1n) is 9.41. The molecule has 0 bridgehead atoms. The second kappa shape index (κ2) is 10.1. The molecule has 3 aromatic rings. The number of methoxy groups -OCH3 is 1. The van der Waals surface area contributed by atoms with Gasteiger partial charge in [0.2, 0.25) is 0 Å². The summed E-state index contributed by atoms with van der Waals surface area (Å²) in [5.74, 6) is 0.997. The predicted molar refractivity (Wildman–Crippen MR) is 115 cm³/mol. The van der Waals surface area contributed by atoms with E-state index >= 15 is 0 Å². The predicted octanol–water partition coefficient (Wildman–Crippen LogP) is 5.10. The summed E-state index contributed by atoms with van der Waals surface area (Å²) in [5, 5.41) is 0. The normalized spacial score (nSPS) is 10.6. The quantitative estimate of drug-likeness (QED) is 0.227. The molecule has 0 amide bonds. The van der Waals surface area contributed by atoms with Gasteiger partial charge >= 0.3 is 5.97 Å². The third kappa shape index (κ3) is 5.82. The van der Waals surface area contributed by atoms with Gasteiger partial charge in [0, 0.05) is 11.6 Å². The van der Waals surface area contributed by atoms with Crippen molar-refractivity contribution < 1.29 is 23.8 Å². The minimum absolute atomic E-state index is 0.0436. The lowest BCUT2D eigenvalue weighted by atomic mass is 10.1. The van der Waals surface area contributed by atoms with Crippen LogP contribution in [0.1, 0.15) is 28.4 Å². The number of hydrogen-bond donors (Lipinski definition) is 0. The Labute approximate surface area is 175 Å². The van der Waals surface area contributed by atoms with Gasteiger partial charge in [0.15, 0.2) is 17.3 Å². The van der Waals surface area contributed by atoms with E-state index in [2.05, 4.69) is 0 Å². The molecule has 30 heavy (non-hydrogen) atoms. The van der Waals surface area contributed by atoms with Crippen molar-refractivity contribution in [2.45, 2.75) is 13.5 Å². The molecular formula is C25H22O5. The molecule has 5 heteroatoms. The van der Waals surface area contributed by atoms with Gasteiger partial charge in [0.25, 0.3) is 0 Å². The Morgan fingerprint density at radius 1 is 0.900 bits per heavy atom. The summed E-state index contributed by atoms with van der Waals surface area (Å²) in [6.07, 6.45) is 2.97. The van der Waals surface area contributed by atoms with E-state index in [9.17, 15) is 9.59 Å². The molecule has 0 aromatic heterocycles. The van der Waals surface area contributed by atoms with Crippen LogP contribution in [0, 0.1) is 0 Å². The molecule has 0 saturated heterocycles. The van der Waals surface area contributed by atoms with E-state index in [1.165, 1.54) is 13.0 Å². The van der Waals surface area contributed by atoms with Crippen LogP contribution in [0.15, 0.2) is 78.9 Å². The maximum atomic E-state index is 12.1. The summed E-state index contributed by atoms with van der Waals surface area (Å²) < 4.78 is 16.5. The van der Waals surface area contributed by atoms with Gasteiger partial charge in [0.05, 0.1) is 7.11 Å². The second-order valence-corrected chi connectivity index (χ2v) is 6.52. The minimum atomic E-state index is -0.519. The summed E-state index contributed by atoms with van der Waals surface area (Å²) in [5.41, 5.74) is 2.39. The van der Waals surface area contributed by atoms with E-state index in [0.717, 1.165) is 11.1 Å². The largest absolute Gasteiger partial charge is 0.493 e. The first-order chi connectivity index (χ1) is 14.5. The van der Waals surface area contributed by atoms with Crippen LogP contribution in [0.2, 0.25) is 0 Å². The number of Topliss-reactive ketones (excluding diaryl/α,β-unsaturated/α-hetero) is 1. The van der Waals surface area contributed by atoms with Crippen molar-refractivity contribution in [1.82, 2.24) is 0 Å². The SMILES string of the molecule is COc1cc(/C=C/C(=O)Oc2ccc(C(C)=O)cc2)ccc1OCc1ccccc1. The zero-order valence-corrected chi connectivity index (χ0v) is 16.8. The summed E-state index contributed by atoms with van der Waals surface area (Å²) in [7, 11) is 1.57. The lowest BCUT2D eigenvalue weighted by Crippen LogP contribution is -2.04. The number of rotatable bonds is 8. The first-order valence-corrected chi connectivity index (χ1v) is 9.41. The third-order valence-electron chi connectivity index (χ3n) is 4.32. The molecule has 0 aliphatic carbocycles. The fourth-order valence-corrected chi connectivity index (χ4v) is 2.71.